The minimum absolute atomic E-state index is 0.104. The molecule has 0 bridgehead atoms. The van der Waals surface area contributed by atoms with Gasteiger partial charge < -0.3 is 9.73 Å². The summed E-state index contributed by atoms with van der Waals surface area (Å²) in [5.74, 6) is -0.992. The van der Waals surface area contributed by atoms with E-state index < -0.39 is 11.1 Å². The number of halogens is 3. The number of amides is 1. The summed E-state index contributed by atoms with van der Waals surface area (Å²) >= 11 is 6.95. The van der Waals surface area contributed by atoms with Crippen LogP contribution in [0.25, 0.3) is 11.5 Å². The summed E-state index contributed by atoms with van der Waals surface area (Å²) in [5.41, 5.74) is 0.879. The second-order valence-electron chi connectivity index (χ2n) is 5.25. The van der Waals surface area contributed by atoms with Gasteiger partial charge in [-0.15, -0.1) is 10.2 Å². The van der Waals surface area contributed by atoms with E-state index in [1.54, 1.807) is 6.92 Å². The van der Waals surface area contributed by atoms with Crippen LogP contribution in [0.5, 0.6) is 0 Å². The van der Waals surface area contributed by atoms with Crippen LogP contribution < -0.4 is 5.32 Å². The fourth-order valence-corrected chi connectivity index (χ4v) is 2.89. The highest BCUT2D eigenvalue weighted by atomic mass is 35.5. The van der Waals surface area contributed by atoms with Crippen molar-refractivity contribution in [2.45, 2.75) is 17.4 Å². The number of nitrogens with one attached hydrogen (secondary N) is 1. The number of hydrogen-bond acceptors (Lipinski definition) is 5. The Morgan fingerprint density at radius 1 is 1.15 bits per heavy atom. The van der Waals surface area contributed by atoms with Gasteiger partial charge in [-0.3, -0.25) is 4.79 Å². The third kappa shape index (κ3) is 4.39. The van der Waals surface area contributed by atoms with Crippen molar-refractivity contribution in [3.05, 3.63) is 59.1 Å². The van der Waals surface area contributed by atoms with Crippen LogP contribution >= 0.6 is 23.4 Å². The van der Waals surface area contributed by atoms with Crippen LogP contribution in [-0.4, -0.2) is 21.4 Å². The predicted octanol–water partition coefficient (Wildman–Crippen LogP) is 4.79. The second kappa shape index (κ2) is 7.84. The summed E-state index contributed by atoms with van der Waals surface area (Å²) < 4.78 is 31.5. The van der Waals surface area contributed by atoms with Gasteiger partial charge in [-0.25, -0.2) is 8.78 Å². The van der Waals surface area contributed by atoms with Gasteiger partial charge in [-0.05, 0) is 49.4 Å². The van der Waals surface area contributed by atoms with Crippen LogP contribution in [0.3, 0.4) is 0 Å². The number of aromatic nitrogens is 2. The summed E-state index contributed by atoms with van der Waals surface area (Å²) in [6, 6.07) is 9.30. The number of anilines is 1. The van der Waals surface area contributed by atoms with E-state index in [0.29, 0.717) is 11.3 Å². The molecule has 0 unspecified atom stereocenters. The van der Waals surface area contributed by atoms with Crippen LogP contribution in [0.4, 0.5) is 14.5 Å². The van der Waals surface area contributed by atoms with E-state index in [1.165, 1.54) is 36.4 Å². The molecule has 2 aromatic carbocycles. The molecule has 1 atom stereocenters. The Hall–Kier alpha value is -2.45. The van der Waals surface area contributed by atoms with Crippen molar-refractivity contribution in [2.24, 2.45) is 0 Å². The predicted molar refractivity (Wildman–Crippen MR) is 95.1 cm³/mol. The van der Waals surface area contributed by atoms with Gasteiger partial charge in [-0.1, -0.05) is 23.4 Å². The van der Waals surface area contributed by atoms with E-state index >= 15 is 0 Å². The lowest BCUT2D eigenvalue weighted by atomic mass is 10.2. The molecule has 0 saturated heterocycles. The van der Waals surface area contributed by atoms with E-state index in [4.69, 9.17) is 16.0 Å². The largest absolute Gasteiger partial charge is 0.411 e. The molecule has 0 fully saturated rings. The average Bonchev–Trinajstić information content (AvgIpc) is 3.06. The Morgan fingerprint density at radius 2 is 1.85 bits per heavy atom. The lowest BCUT2D eigenvalue weighted by molar-refractivity contribution is -0.115. The fourth-order valence-electron chi connectivity index (χ4n) is 2.00. The first kappa shape index (κ1) is 18.3. The van der Waals surface area contributed by atoms with Crippen molar-refractivity contribution < 1.29 is 18.0 Å². The third-order valence-corrected chi connectivity index (χ3v) is 4.58. The van der Waals surface area contributed by atoms with Gasteiger partial charge in [0, 0.05) is 5.56 Å². The summed E-state index contributed by atoms with van der Waals surface area (Å²) in [6.07, 6.45) is 0. The molecule has 1 aromatic heterocycles. The molecule has 1 amide bonds. The molecule has 0 radical (unpaired) electrons. The molecule has 26 heavy (non-hydrogen) atoms. The van der Waals surface area contributed by atoms with Crippen molar-refractivity contribution in [1.29, 1.82) is 0 Å². The zero-order valence-electron chi connectivity index (χ0n) is 13.4. The summed E-state index contributed by atoms with van der Waals surface area (Å²) in [5, 5.41) is 10.1. The molecule has 9 heteroatoms. The number of nitrogens with zero attached hydrogens (tertiary/aromatic N) is 2. The highest BCUT2D eigenvalue weighted by Crippen LogP contribution is 2.28. The molecule has 3 rings (SSSR count). The molecular weight excluding hydrogens is 384 g/mol. The number of benzene rings is 2. The Kier molecular flexibility index (Phi) is 5.53. The van der Waals surface area contributed by atoms with Crippen LogP contribution in [0.1, 0.15) is 6.92 Å². The standard InChI is InChI=1S/C17H12ClF2N3O2S/c1-9(15(24)21-14-7-6-12(20)8-13(14)18)26-17-23-22-16(25-17)10-2-4-11(19)5-3-10/h2-9H,1H3,(H,21,24)/t9-/m1/s1. The number of carbonyl (C=O) groups is 1. The van der Waals surface area contributed by atoms with Gasteiger partial charge >= 0.3 is 0 Å². The second-order valence-corrected chi connectivity index (χ2v) is 6.95. The molecule has 0 saturated carbocycles. The van der Waals surface area contributed by atoms with Crippen molar-refractivity contribution in [3.8, 4) is 11.5 Å². The monoisotopic (exact) mass is 395 g/mol. The molecule has 0 aliphatic rings. The van der Waals surface area contributed by atoms with Crippen molar-refractivity contribution >= 4 is 35.0 Å². The van der Waals surface area contributed by atoms with Crippen LogP contribution in [0.2, 0.25) is 5.02 Å². The SMILES string of the molecule is C[C@@H](Sc1nnc(-c2ccc(F)cc2)o1)C(=O)Nc1ccc(F)cc1Cl. The fraction of sp³-hybridized carbons (Fsp3) is 0.118. The van der Waals surface area contributed by atoms with Gasteiger partial charge in [0.15, 0.2) is 0 Å². The first-order chi connectivity index (χ1) is 12.4. The van der Waals surface area contributed by atoms with E-state index in [2.05, 4.69) is 15.5 Å². The molecular formula is C17H12ClF2N3O2S. The molecule has 134 valence electrons. The molecule has 0 aliphatic carbocycles. The highest BCUT2D eigenvalue weighted by Gasteiger charge is 2.19. The number of rotatable bonds is 5. The minimum Gasteiger partial charge on any atom is -0.411 e. The minimum atomic E-state index is -0.572. The third-order valence-electron chi connectivity index (χ3n) is 3.33. The van der Waals surface area contributed by atoms with Crippen molar-refractivity contribution in [2.75, 3.05) is 5.32 Å². The quantitative estimate of drug-likeness (QED) is 0.629. The zero-order chi connectivity index (χ0) is 18.7. The van der Waals surface area contributed by atoms with Gasteiger partial charge in [0.05, 0.1) is 16.0 Å². The lowest BCUT2D eigenvalue weighted by Crippen LogP contribution is -2.22. The topological polar surface area (TPSA) is 68.0 Å². The van der Waals surface area contributed by atoms with Gasteiger partial charge in [-0.2, -0.15) is 0 Å². The molecule has 1 N–H and O–H groups in total. The first-order valence-corrected chi connectivity index (χ1v) is 8.70. The molecule has 0 aliphatic heterocycles. The number of hydrogen-bond donors (Lipinski definition) is 1. The Labute approximate surface area is 156 Å². The summed E-state index contributed by atoms with van der Waals surface area (Å²) in [7, 11) is 0. The first-order valence-electron chi connectivity index (χ1n) is 7.44. The zero-order valence-corrected chi connectivity index (χ0v) is 14.9. The number of thioether (sulfide) groups is 1. The van der Waals surface area contributed by atoms with Gasteiger partial charge in [0.1, 0.15) is 11.6 Å². The molecule has 0 spiro atoms. The summed E-state index contributed by atoms with van der Waals surface area (Å²) in [6.45, 7) is 1.65. The highest BCUT2D eigenvalue weighted by molar-refractivity contribution is 8.00. The Balaban J connectivity index is 1.65. The van der Waals surface area contributed by atoms with Crippen LogP contribution in [-0.2, 0) is 4.79 Å². The Bertz CT molecular complexity index is 934. The summed E-state index contributed by atoms with van der Waals surface area (Å²) in [4.78, 5) is 12.3. The van der Waals surface area contributed by atoms with Crippen molar-refractivity contribution in [3.63, 3.8) is 0 Å². The smallest absolute Gasteiger partial charge is 0.277 e. The maximum absolute atomic E-state index is 13.0. The average molecular weight is 396 g/mol. The molecule has 5 nitrogen and oxygen atoms in total. The van der Waals surface area contributed by atoms with E-state index in [1.807, 2.05) is 0 Å². The van der Waals surface area contributed by atoms with E-state index in [0.717, 1.165) is 17.8 Å². The number of carbonyl (C=O) groups excluding carboxylic acids is 1. The van der Waals surface area contributed by atoms with Gasteiger partial charge in [0.2, 0.25) is 11.8 Å². The van der Waals surface area contributed by atoms with Crippen LogP contribution in [0, 0.1) is 11.6 Å². The maximum atomic E-state index is 13.0. The molecule has 3 aromatic rings. The maximum Gasteiger partial charge on any atom is 0.277 e. The normalized spacial score (nSPS) is 12.0. The van der Waals surface area contributed by atoms with E-state index in [9.17, 15) is 13.6 Å². The Morgan fingerprint density at radius 3 is 2.54 bits per heavy atom. The molecule has 1 heterocycles. The lowest BCUT2D eigenvalue weighted by Gasteiger charge is -2.11. The van der Waals surface area contributed by atoms with Crippen LogP contribution in [0.15, 0.2) is 52.1 Å². The van der Waals surface area contributed by atoms with Crippen molar-refractivity contribution in [1.82, 2.24) is 10.2 Å². The van der Waals surface area contributed by atoms with E-state index in [-0.39, 0.29) is 27.9 Å². The van der Waals surface area contributed by atoms with Gasteiger partial charge in [0.25, 0.3) is 5.22 Å².